The van der Waals surface area contributed by atoms with E-state index >= 15 is 0 Å². The second kappa shape index (κ2) is 14.6. The van der Waals surface area contributed by atoms with E-state index in [1.165, 1.54) is 25.7 Å². The Kier molecular flexibility index (Phi) is 10.4. The molecule has 0 spiro atoms. The Bertz CT molecular complexity index is 1400. The first kappa shape index (κ1) is 29.3. The normalized spacial score (nSPS) is 11.5. The zero-order chi connectivity index (χ0) is 29.0. The molecule has 0 aliphatic heterocycles. The monoisotopic (exact) mass is 552 g/mol. The standard InChI is InChI=1S/C33H36N4O4/c1-2-3-4-5-6-19-41-29-17-13-24(14-18-29)27-21-35-31(36-22-27)25-9-7-23(8-10-25)20-30(33(39)40)37-32(38)26-11-15-28(34)16-12-26/h7-18,21-22,30H,2-6,19-20,34H2,1H3,(H,37,38)(H,39,40)/t30-/m0/s1. The maximum Gasteiger partial charge on any atom is 0.326 e. The summed E-state index contributed by atoms with van der Waals surface area (Å²) in [6.45, 7) is 2.94. The number of nitrogens with two attached hydrogens (primary N) is 1. The van der Waals surface area contributed by atoms with E-state index in [0.717, 1.165) is 41.0 Å². The van der Waals surface area contributed by atoms with Crippen molar-refractivity contribution in [2.45, 2.75) is 51.5 Å². The van der Waals surface area contributed by atoms with Crippen LogP contribution in [0.15, 0.2) is 85.2 Å². The van der Waals surface area contributed by atoms with Gasteiger partial charge >= 0.3 is 5.97 Å². The Labute approximate surface area is 240 Å². The lowest BCUT2D eigenvalue weighted by molar-refractivity contribution is -0.139. The number of nitrogens with one attached hydrogen (secondary N) is 1. The number of ether oxygens (including phenoxy) is 1. The molecule has 0 bridgehead atoms. The molecule has 212 valence electrons. The molecular weight excluding hydrogens is 516 g/mol. The molecule has 1 heterocycles. The van der Waals surface area contributed by atoms with E-state index in [4.69, 9.17) is 10.5 Å². The van der Waals surface area contributed by atoms with Gasteiger partial charge in [0.2, 0.25) is 0 Å². The SMILES string of the molecule is CCCCCCCOc1ccc(-c2cnc(-c3ccc(C[C@H](NC(=O)c4ccc(N)cc4)C(=O)O)cc3)nc2)cc1. The summed E-state index contributed by atoms with van der Waals surface area (Å²) in [4.78, 5) is 33.4. The minimum Gasteiger partial charge on any atom is -0.494 e. The molecule has 1 amide bonds. The van der Waals surface area contributed by atoms with Gasteiger partial charge in [0.25, 0.3) is 5.91 Å². The molecule has 8 heteroatoms. The molecule has 0 radical (unpaired) electrons. The van der Waals surface area contributed by atoms with Gasteiger partial charge in [-0.05, 0) is 53.9 Å². The molecule has 4 rings (SSSR count). The van der Waals surface area contributed by atoms with Gasteiger partial charge in [-0.1, -0.05) is 69.0 Å². The molecule has 3 aromatic carbocycles. The van der Waals surface area contributed by atoms with Crippen LogP contribution < -0.4 is 15.8 Å². The second-order valence-electron chi connectivity index (χ2n) is 9.97. The smallest absolute Gasteiger partial charge is 0.326 e. The molecule has 0 aliphatic carbocycles. The van der Waals surface area contributed by atoms with E-state index in [-0.39, 0.29) is 6.42 Å². The van der Waals surface area contributed by atoms with Gasteiger partial charge in [0.1, 0.15) is 11.8 Å². The fraction of sp³-hybridized carbons (Fsp3) is 0.273. The Morgan fingerprint density at radius 2 is 1.46 bits per heavy atom. The Morgan fingerprint density at radius 3 is 2.10 bits per heavy atom. The van der Waals surface area contributed by atoms with Gasteiger partial charge in [0, 0.05) is 41.2 Å². The molecule has 0 aliphatic rings. The number of nitrogens with zero attached hydrogens (tertiary/aromatic N) is 2. The first-order chi connectivity index (χ1) is 19.9. The van der Waals surface area contributed by atoms with Crippen LogP contribution >= 0.6 is 0 Å². The summed E-state index contributed by atoms with van der Waals surface area (Å²) in [6, 6.07) is 20.5. The number of benzene rings is 3. The van der Waals surface area contributed by atoms with Gasteiger partial charge < -0.3 is 20.9 Å². The number of rotatable bonds is 14. The van der Waals surface area contributed by atoms with E-state index in [2.05, 4.69) is 22.2 Å². The van der Waals surface area contributed by atoms with Crippen LogP contribution in [0.4, 0.5) is 5.69 Å². The number of carboxylic acids is 1. The predicted octanol–water partition coefficient (Wildman–Crippen LogP) is 6.17. The number of carbonyl (C=O) groups excluding carboxylic acids is 1. The molecule has 8 nitrogen and oxygen atoms in total. The first-order valence-electron chi connectivity index (χ1n) is 14.0. The topological polar surface area (TPSA) is 127 Å². The number of amides is 1. The maximum atomic E-state index is 12.5. The third-order valence-corrected chi connectivity index (χ3v) is 6.78. The zero-order valence-electron chi connectivity index (χ0n) is 23.3. The van der Waals surface area contributed by atoms with Crippen LogP contribution in [-0.4, -0.2) is 39.6 Å². The van der Waals surface area contributed by atoms with Crippen molar-refractivity contribution in [3.63, 3.8) is 0 Å². The molecule has 41 heavy (non-hydrogen) atoms. The summed E-state index contributed by atoms with van der Waals surface area (Å²) in [5.74, 6) is -0.159. The highest BCUT2D eigenvalue weighted by atomic mass is 16.5. The quantitative estimate of drug-likeness (QED) is 0.126. The Balaban J connectivity index is 1.32. The van der Waals surface area contributed by atoms with E-state index in [9.17, 15) is 14.7 Å². The van der Waals surface area contributed by atoms with E-state index in [1.807, 2.05) is 48.5 Å². The van der Waals surface area contributed by atoms with Crippen LogP contribution in [0.25, 0.3) is 22.5 Å². The fourth-order valence-corrected chi connectivity index (χ4v) is 4.37. The molecule has 1 atom stereocenters. The molecule has 0 saturated carbocycles. The lowest BCUT2D eigenvalue weighted by Gasteiger charge is -2.15. The van der Waals surface area contributed by atoms with Crippen LogP contribution in [0, 0.1) is 0 Å². The average Bonchev–Trinajstić information content (AvgIpc) is 2.99. The summed E-state index contributed by atoms with van der Waals surface area (Å²) in [5.41, 5.74) is 10.0. The number of unbranched alkanes of at least 4 members (excludes halogenated alkanes) is 4. The van der Waals surface area contributed by atoms with Crippen LogP contribution in [0.3, 0.4) is 0 Å². The van der Waals surface area contributed by atoms with Gasteiger partial charge in [-0.15, -0.1) is 0 Å². The van der Waals surface area contributed by atoms with Crippen LogP contribution in [0.2, 0.25) is 0 Å². The summed E-state index contributed by atoms with van der Waals surface area (Å²) in [7, 11) is 0. The summed E-state index contributed by atoms with van der Waals surface area (Å²) >= 11 is 0. The molecule has 0 fully saturated rings. The van der Waals surface area contributed by atoms with Crippen molar-refractivity contribution in [2.24, 2.45) is 0 Å². The van der Waals surface area contributed by atoms with Crippen molar-refractivity contribution in [3.8, 4) is 28.3 Å². The fourth-order valence-electron chi connectivity index (χ4n) is 4.37. The number of hydrogen-bond donors (Lipinski definition) is 3. The largest absolute Gasteiger partial charge is 0.494 e. The van der Waals surface area contributed by atoms with Gasteiger partial charge in [0.15, 0.2) is 5.82 Å². The Hall–Kier alpha value is -4.72. The van der Waals surface area contributed by atoms with Crippen LogP contribution in [-0.2, 0) is 11.2 Å². The predicted molar refractivity (Wildman–Crippen MR) is 161 cm³/mol. The minimum absolute atomic E-state index is 0.134. The number of aliphatic carboxylic acids is 1. The van der Waals surface area contributed by atoms with Crippen molar-refractivity contribution in [1.82, 2.24) is 15.3 Å². The Morgan fingerprint density at radius 1 is 0.829 bits per heavy atom. The van der Waals surface area contributed by atoms with Gasteiger partial charge in [-0.2, -0.15) is 0 Å². The minimum atomic E-state index is -1.11. The zero-order valence-corrected chi connectivity index (χ0v) is 23.3. The second-order valence-corrected chi connectivity index (χ2v) is 9.97. The number of nitrogen functional groups attached to an aromatic ring is 1. The number of anilines is 1. The van der Waals surface area contributed by atoms with E-state index < -0.39 is 17.9 Å². The van der Waals surface area contributed by atoms with Gasteiger partial charge in [-0.3, -0.25) is 4.79 Å². The third kappa shape index (κ3) is 8.63. The highest BCUT2D eigenvalue weighted by Crippen LogP contribution is 2.24. The van der Waals surface area contributed by atoms with Crippen molar-refractivity contribution < 1.29 is 19.4 Å². The van der Waals surface area contributed by atoms with E-state index in [0.29, 0.717) is 17.1 Å². The van der Waals surface area contributed by atoms with Gasteiger partial charge in [0.05, 0.1) is 6.61 Å². The summed E-state index contributed by atoms with van der Waals surface area (Å²) < 4.78 is 5.86. The number of hydrogen-bond acceptors (Lipinski definition) is 6. The lowest BCUT2D eigenvalue weighted by atomic mass is 10.0. The summed E-state index contributed by atoms with van der Waals surface area (Å²) in [5, 5.41) is 12.2. The highest BCUT2D eigenvalue weighted by Gasteiger charge is 2.21. The number of aromatic nitrogens is 2. The lowest BCUT2D eigenvalue weighted by Crippen LogP contribution is -2.42. The average molecular weight is 553 g/mol. The van der Waals surface area contributed by atoms with Crippen LogP contribution in [0.1, 0.15) is 54.9 Å². The van der Waals surface area contributed by atoms with Crippen LogP contribution in [0.5, 0.6) is 5.75 Å². The molecule has 0 unspecified atom stereocenters. The molecule has 4 aromatic rings. The molecule has 4 N–H and O–H groups in total. The van der Waals surface area contributed by atoms with Crippen molar-refractivity contribution >= 4 is 17.6 Å². The van der Waals surface area contributed by atoms with Crippen molar-refractivity contribution in [2.75, 3.05) is 12.3 Å². The van der Waals surface area contributed by atoms with Crippen molar-refractivity contribution in [3.05, 3.63) is 96.3 Å². The maximum absolute atomic E-state index is 12.5. The first-order valence-corrected chi connectivity index (χ1v) is 14.0. The summed E-state index contributed by atoms with van der Waals surface area (Å²) in [6.07, 6.45) is 9.75. The number of carboxylic acid groups (broad SMARTS) is 1. The molecule has 1 aromatic heterocycles. The van der Waals surface area contributed by atoms with E-state index in [1.54, 1.807) is 36.7 Å². The highest BCUT2D eigenvalue weighted by molar-refractivity contribution is 5.96. The van der Waals surface area contributed by atoms with Gasteiger partial charge in [-0.25, -0.2) is 14.8 Å². The molecular formula is C33H36N4O4. The van der Waals surface area contributed by atoms with Crippen molar-refractivity contribution in [1.29, 1.82) is 0 Å². The number of carbonyl (C=O) groups is 2. The third-order valence-electron chi connectivity index (χ3n) is 6.78. The molecule has 0 saturated heterocycles.